The molecule has 0 saturated heterocycles. The summed E-state index contributed by atoms with van der Waals surface area (Å²) in [6.45, 7) is 27.4. The molecule has 0 saturated carbocycles. The second kappa shape index (κ2) is 12.8. The first kappa shape index (κ1) is 39.7. The minimum atomic E-state index is -0.334. The molecule has 0 N–H and O–H groups in total. The predicted octanol–water partition coefficient (Wildman–Crippen LogP) is 18.2. The molecule has 0 aliphatic heterocycles. The average Bonchev–Trinajstić information content (AvgIpc) is 4.12. The third kappa shape index (κ3) is 4.69. The number of allylic oxidation sites excluding steroid dienone is 4. The molecule has 14 rings (SSSR count). The Morgan fingerprint density at radius 1 is 0.368 bits per heavy atom. The van der Waals surface area contributed by atoms with Crippen LogP contribution in [0.2, 0.25) is 0 Å². The Morgan fingerprint density at radius 2 is 0.794 bits per heavy atom. The van der Waals surface area contributed by atoms with Gasteiger partial charge >= 0.3 is 0 Å². The highest BCUT2D eigenvalue weighted by Crippen LogP contribution is 2.62. The Labute approximate surface area is 398 Å². The fourth-order valence-electron chi connectivity index (χ4n) is 13.7. The van der Waals surface area contributed by atoms with Crippen LogP contribution in [0.4, 0.5) is 0 Å². The van der Waals surface area contributed by atoms with Crippen molar-refractivity contribution in [1.82, 2.24) is 0 Å². The lowest BCUT2D eigenvalue weighted by Gasteiger charge is -2.25. The zero-order valence-electron chi connectivity index (χ0n) is 40.1. The SMILES string of the molecule is C=CC1=C(C=C)C(C)(C)c2cc(-c3cc4c(c5oc6ccccc6c35)-c3cc5c(cc3C4(C)C)-c3c(cc(-c4ccc6c(c4)C(C)(C)c4ccccc4-6)c4c3oc3ccccc34)C5(C)C)ccc21. The predicted molar refractivity (Wildman–Crippen MR) is 285 cm³/mol. The number of hydrogen-bond donors (Lipinski definition) is 0. The lowest BCUT2D eigenvalue weighted by Crippen LogP contribution is -2.17. The van der Waals surface area contributed by atoms with Gasteiger partial charge in [0.2, 0.25) is 0 Å². The van der Waals surface area contributed by atoms with Gasteiger partial charge in [-0.2, -0.15) is 0 Å². The zero-order valence-corrected chi connectivity index (χ0v) is 40.1. The van der Waals surface area contributed by atoms with Crippen molar-refractivity contribution < 1.29 is 8.83 Å². The van der Waals surface area contributed by atoms with Gasteiger partial charge in [-0.3, -0.25) is 0 Å². The van der Waals surface area contributed by atoms with E-state index in [0.717, 1.165) is 38.5 Å². The molecule has 0 amide bonds. The average molecular weight is 877 g/mol. The summed E-state index contributed by atoms with van der Waals surface area (Å²) in [5.41, 5.74) is 28.1. The number of rotatable bonds is 4. The van der Waals surface area contributed by atoms with E-state index in [4.69, 9.17) is 8.83 Å². The maximum atomic E-state index is 7.13. The van der Waals surface area contributed by atoms with Crippen LogP contribution in [0.1, 0.15) is 99.9 Å². The summed E-state index contributed by atoms with van der Waals surface area (Å²) >= 11 is 0. The number of para-hydroxylation sites is 2. The monoisotopic (exact) mass is 876 g/mol. The quantitative estimate of drug-likeness (QED) is 0.176. The van der Waals surface area contributed by atoms with Gasteiger partial charge in [0.1, 0.15) is 22.3 Å². The second-order valence-electron chi connectivity index (χ2n) is 22.0. The summed E-state index contributed by atoms with van der Waals surface area (Å²) in [6.07, 6.45) is 4.00. The van der Waals surface area contributed by atoms with E-state index >= 15 is 0 Å². The minimum Gasteiger partial charge on any atom is -0.455 e. The van der Waals surface area contributed by atoms with E-state index in [9.17, 15) is 0 Å². The van der Waals surface area contributed by atoms with Crippen LogP contribution in [-0.4, -0.2) is 0 Å². The molecule has 0 fully saturated rings. The van der Waals surface area contributed by atoms with Gasteiger partial charge in [0, 0.05) is 54.3 Å². The molecule has 8 aromatic carbocycles. The first-order valence-corrected chi connectivity index (χ1v) is 24.2. The third-order valence-electron chi connectivity index (χ3n) is 17.2. The van der Waals surface area contributed by atoms with Crippen molar-refractivity contribution in [3.8, 4) is 55.6 Å². The van der Waals surface area contributed by atoms with Crippen LogP contribution >= 0.6 is 0 Å². The van der Waals surface area contributed by atoms with E-state index in [-0.39, 0.29) is 21.7 Å². The molecule has 328 valence electrons. The van der Waals surface area contributed by atoms with Crippen molar-refractivity contribution in [2.45, 2.75) is 77.0 Å². The molecular weight excluding hydrogens is 825 g/mol. The van der Waals surface area contributed by atoms with Gasteiger partial charge in [0.15, 0.2) is 0 Å². The van der Waals surface area contributed by atoms with Crippen molar-refractivity contribution in [3.63, 3.8) is 0 Å². The summed E-state index contributed by atoms with van der Waals surface area (Å²) in [6, 6.07) is 50.3. The van der Waals surface area contributed by atoms with E-state index in [0.29, 0.717) is 0 Å². The number of hydrogen-bond acceptors (Lipinski definition) is 2. The minimum absolute atomic E-state index is 0.109. The maximum absolute atomic E-state index is 7.13. The van der Waals surface area contributed by atoms with Crippen LogP contribution in [0, 0.1) is 0 Å². The molecule has 0 bridgehead atoms. The summed E-state index contributed by atoms with van der Waals surface area (Å²) in [7, 11) is 0. The van der Waals surface area contributed by atoms with Gasteiger partial charge in [0.25, 0.3) is 0 Å². The Hall–Kier alpha value is -7.42. The molecule has 2 aromatic heterocycles. The molecule has 0 spiro atoms. The van der Waals surface area contributed by atoms with Crippen LogP contribution < -0.4 is 0 Å². The molecule has 0 unspecified atom stereocenters. The standard InChI is InChI=1S/C66H52O2/c1-11-37-39-27-25-35(29-49(39)63(3,4)47(37)12-2)43-31-53-59(61-57(43)41-20-14-17-23-55(41)67-61)45-33-52-46(34-51(45)65(53,7)8)60-54(66(52,9)10)32-44(58-42-21-15-18-24-56(42)68-62(58)60)36-26-28-40-38-19-13-16-22-48(38)64(5,6)50(40)30-36/h11-34H,1-2H2,3-10H3. The molecule has 2 heterocycles. The molecule has 4 aliphatic rings. The Bertz CT molecular complexity index is 4050. The van der Waals surface area contributed by atoms with E-state index in [1.807, 2.05) is 12.2 Å². The molecule has 0 radical (unpaired) electrons. The fourth-order valence-corrected chi connectivity index (χ4v) is 13.7. The van der Waals surface area contributed by atoms with Gasteiger partial charge < -0.3 is 8.83 Å². The van der Waals surface area contributed by atoms with Crippen LogP contribution in [0.3, 0.4) is 0 Å². The molecule has 4 aliphatic carbocycles. The molecule has 68 heavy (non-hydrogen) atoms. The topological polar surface area (TPSA) is 26.3 Å². The fraction of sp³-hybridized carbons (Fsp3) is 0.182. The smallest absolute Gasteiger partial charge is 0.144 e. The summed E-state index contributed by atoms with van der Waals surface area (Å²) in [5.74, 6) is 0. The maximum Gasteiger partial charge on any atom is 0.144 e. The van der Waals surface area contributed by atoms with Crippen molar-refractivity contribution in [3.05, 3.63) is 209 Å². The Morgan fingerprint density at radius 3 is 1.32 bits per heavy atom. The van der Waals surface area contributed by atoms with Gasteiger partial charge in [0.05, 0.1) is 0 Å². The van der Waals surface area contributed by atoms with Crippen molar-refractivity contribution in [2.75, 3.05) is 0 Å². The molecule has 2 heteroatoms. The highest BCUT2D eigenvalue weighted by atomic mass is 16.3. The van der Waals surface area contributed by atoms with Crippen LogP contribution in [0.15, 0.2) is 173 Å². The largest absolute Gasteiger partial charge is 0.455 e. The molecule has 0 atom stereocenters. The zero-order chi connectivity index (χ0) is 46.6. The number of furan rings is 2. The van der Waals surface area contributed by atoms with Crippen molar-refractivity contribution >= 4 is 49.5 Å². The third-order valence-corrected chi connectivity index (χ3v) is 17.2. The lowest BCUT2D eigenvalue weighted by molar-refractivity contribution is 0.648. The van der Waals surface area contributed by atoms with Crippen LogP contribution in [0.25, 0.3) is 105 Å². The number of fused-ring (bicyclic) bond motifs is 18. The highest BCUT2D eigenvalue weighted by molar-refractivity contribution is 6.20. The van der Waals surface area contributed by atoms with Crippen LogP contribution in [0.5, 0.6) is 0 Å². The Kier molecular flexibility index (Phi) is 7.45. The van der Waals surface area contributed by atoms with Crippen molar-refractivity contribution in [2.24, 2.45) is 0 Å². The summed E-state index contributed by atoms with van der Waals surface area (Å²) < 4.78 is 14.2. The van der Waals surface area contributed by atoms with E-state index < -0.39 is 0 Å². The molecular formula is C66H52O2. The second-order valence-corrected chi connectivity index (χ2v) is 22.0. The van der Waals surface area contributed by atoms with Crippen molar-refractivity contribution in [1.29, 1.82) is 0 Å². The summed E-state index contributed by atoms with van der Waals surface area (Å²) in [5, 5.41) is 4.63. The van der Waals surface area contributed by atoms with Gasteiger partial charge in [-0.15, -0.1) is 0 Å². The van der Waals surface area contributed by atoms with Crippen LogP contribution in [-0.2, 0) is 21.7 Å². The van der Waals surface area contributed by atoms with E-state index in [1.54, 1.807) is 0 Å². The molecule has 10 aromatic rings. The number of benzene rings is 8. The molecule has 2 nitrogen and oxygen atoms in total. The first-order chi connectivity index (χ1) is 32.7. The van der Waals surface area contributed by atoms with Gasteiger partial charge in [-0.05, 0) is 149 Å². The lowest BCUT2D eigenvalue weighted by atomic mass is 9.78. The highest BCUT2D eigenvalue weighted by Gasteiger charge is 2.46. The van der Waals surface area contributed by atoms with E-state index in [1.165, 1.54) is 117 Å². The normalized spacial score (nSPS) is 17.1. The first-order valence-electron chi connectivity index (χ1n) is 24.2. The Balaban J connectivity index is 0.996. The summed E-state index contributed by atoms with van der Waals surface area (Å²) in [4.78, 5) is 0. The van der Waals surface area contributed by atoms with Gasteiger partial charge in [-0.1, -0.05) is 166 Å². The van der Waals surface area contributed by atoms with E-state index in [2.05, 4.69) is 202 Å². The van der Waals surface area contributed by atoms with Gasteiger partial charge in [-0.25, -0.2) is 0 Å².